The first-order valence-corrected chi connectivity index (χ1v) is 7.70. The average Bonchev–Trinajstić information content (AvgIpc) is 2.49. The largest absolute Gasteiger partial charge is 0.396 e. The van der Waals surface area contributed by atoms with Crippen LogP contribution in [0.3, 0.4) is 0 Å². The number of aliphatic hydroxyl groups excluding tert-OH is 1. The lowest BCUT2D eigenvalue weighted by atomic mass is 10.0. The Morgan fingerprint density at radius 3 is 1.80 bits per heavy atom. The molecule has 0 spiro atoms. The van der Waals surface area contributed by atoms with E-state index in [1.165, 1.54) is 0 Å². The van der Waals surface area contributed by atoms with Gasteiger partial charge in [0.2, 0.25) is 0 Å². The molecule has 0 aliphatic rings. The van der Waals surface area contributed by atoms with Crippen molar-refractivity contribution < 1.29 is 14.7 Å². The van der Waals surface area contributed by atoms with E-state index in [-0.39, 0.29) is 18.2 Å². The maximum Gasteiger partial charge on any atom is 0.162 e. The first-order valence-electron chi connectivity index (χ1n) is 7.07. The zero-order chi connectivity index (χ0) is 14.8. The molecule has 1 aromatic rings. The number of Topliss-reactive ketones (excluding diaryl/α,β-unsaturated/α-hetero) is 2. The molecule has 0 unspecified atom stereocenters. The summed E-state index contributed by atoms with van der Waals surface area (Å²) in [7, 11) is 0. The molecule has 0 aromatic heterocycles. The number of rotatable bonds is 10. The molecule has 0 saturated carbocycles. The number of carbonyl (C=O) groups is 2. The van der Waals surface area contributed by atoms with E-state index in [0.717, 1.165) is 25.0 Å². The van der Waals surface area contributed by atoms with Crippen LogP contribution in [0.15, 0.2) is 24.3 Å². The first-order chi connectivity index (χ1) is 9.69. The minimum Gasteiger partial charge on any atom is -0.396 e. The van der Waals surface area contributed by atoms with E-state index in [1.54, 1.807) is 24.3 Å². The van der Waals surface area contributed by atoms with Crippen LogP contribution in [0.2, 0.25) is 0 Å². The SMILES string of the molecule is O=C(CCCO)c1ccc(C(=O)CCCCCS)cc1. The highest BCUT2D eigenvalue weighted by atomic mass is 32.1. The van der Waals surface area contributed by atoms with Gasteiger partial charge in [0.25, 0.3) is 0 Å². The Hall–Kier alpha value is -1.13. The van der Waals surface area contributed by atoms with Gasteiger partial charge in [0, 0.05) is 30.6 Å². The van der Waals surface area contributed by atoms with Gasteiger partial charge in [-0.15, -0.1) is 0 Å². The number of benzene rings is 1. The van der Waals surface area contributed by atoms with Crippen molar-refractivity contribution in [3.8, 4) is 0 Å². The summed E-state index contributed by atoms with van der Waals surface area (Å²) in [5, 5.41) is 8.70. The number of aliphatic hydroxyl groups is 1. The van der Waals surface area contributed by atoms with Crippen molar-refractivity contribution in [2.45, 2.75) is 38.5 Å². The van der Waals surface area contributed by atoms with Gasteiger partial charge in [0.15, 0.2) is 11.6 Å². The number of hydrogen-bond donors (Lipinski definition) is 2. The maximum absolute atomic E-state index is 11.9. The van der Waals surface area contributed by atoms with Crippen molar-refractivity contribution in [3.05, 3.63) is 35.4 Å². The predicted molar refractivity (Wildman–Crippen MR) is 83.7 cm³/mol. The van der Waals surface area contributed by atoms with Crippen LogP contribution in [0.25, 0.3) is 0 Å². The van der Waals surface area contributed by atoms with E-state index >= 15 is 0 Å². The van der Waals surface area contributed by atoms with Crippen LogP contribution in [-0.2, 0) is 0 Å². The highest BCUT2D eigenvalue weighted by Crippen LogP contribution is 2.12. The Balaban J connectivity index is 2.48. The van der Waals surface area contributed by atoms with E-state index in [9.17, 15) is 9.59 Å². The van der Waals surface area contributed by atoms with Crippen molar-refractivity contribution in [1.82, 2.24) is 0 Å². The van der Waals surface area contributed by atoms with Crippen molar-refractivity contribution in [1.29, 1.82) is 0 Å². The minimum absolute atomic E-state index is 0.00632. The molecule has 0 aliphatic heterocycles. The number of thiol groups is 1. The van der Waals surface area contributed by atoms with Crippen LogP contribution >= 0.6 is 12.6 Å². The Morgan fingerprint density at radius 2 is 1.35 bits per heavy atom. The summed E-state index contributed by atoms with van der Waals surface area (Å²) in [6.07, 6.45) is 4.31. The predicted octanol–water partition coefficient (Wildman–Crippen LogP) is 3.31. The highest BCUT2D eigenvalue weighted by molar-refractivity contribution is 7.80. The number of carbonyl (C=O) groups excluding carboxylic acids is 2. The molecule has 20 heavy (non-hydrogen) atoms. The smallest absolute Gasteiger partial charge is 0.162 e. The summed E-state index contributed by atoms with van der Waals surface area (Å²) in [6, 6.07) is 6.82. The lowest BCUT2D eigenvalue weighted by Gasteiger charge is -2.03. The normalized spacial score (nSPS) is 10.5. The van der Waals surface area contributed by atoms with Crippen molar-refractivity contribution in [3.63, 3.8) is 0 Å². The molecule has 0 atom stereocenters. The quantitative estimate of drug-likeness (QED) is 0.395. The van der Waals surface area contributed by atoms with Crippen LogP contribution in [-0.4, -0.2) is 29.0 Å². The number of ketones is 2. The number of unbranched alkanes of at least 4 members (excludes halogenated alkanes) is 2. The Labute approximate surface area is 125 Å². The van der Waals surface area contributed by atoms with Gasteiger partial charge in [-0.05, 0) is 25.0 Å². The summed E-state index contributed by atoms with van der Waals surface area (Å²) < 4.78 is 0. The van der Waals surface area contributed by atoms with Gasteiger partial charge in [-0.3, -0.25) is 9.59 Å². The van der Waals surface area contributed by atoms with Crippen LogP contribution < -0.4 is 0 Å². The Kier molecular flexibility index (Phi) is 8.23. The molecule has 1 N–H and O–H groups in total. The Morgan fingerprint density at radius 1 is 0.850 bits per heavy atom. The molecular weight excluding hydrogens is 272 g/mol. The summed E-state index contributed by atoms with van der Waals surface area (Å²) in [6.45, 7) is 0.0224. The molecule has 0 amide bonds. The minimum atomic E-state index is 0.00632. The van der Waals surface area contributed by atoms with Gasteiger partial charge < -0.3 is 5.11 Å². The van der Waals surface area contributed by atoms with Gasteiger partial charge in [-0.25, -0.2) is 0 Å². The summed E-state index contributed by atoms with van der Waals surface area (Å²) in [4.78, 5) is 23.6. The van der Waals surface area contributed by atoms with Gasteiger partial charge in [0.1, 0.15) is 0 Å². The highest BCUT2D eigenvalue weighted by Gasteiger charge is 2.08. The van der Waals surface area contributed by atoms with Crippen LogP contribution in [0.5, 0.6) is 0 Å². The molecular formula is C16H22O3S. The van der Waals surface area contributed by atoms with E-state index in [1.807, 2.05) is 0 Å². The second-order valence-corrected chi connectivity index (χ2v) is 5.23. The first kappa shape index (κ1) is 16.9. The van der Waals surface area contributed by atoms with Crippen LogP contribution in [0, 0.1) is 0 Å². The molecule has 0 aliphatic carbocycles. The fourth-order valence-electron chi connectivity index (χ4n) is 1.94. The van der Waals surface area contributed by atoms with E-state index < -0.39 is 0 Å². The van der Waals surface area contributed by atoms with Gasteiger partial charge >= 0.3 is 0 Å². The van der Waals surface area contributed by atoms with Gasteiger partial charge in [-0.1, -0.05) is 30.7 Å². The van der Waals surface area contributed by atoms with E-state index in [4.69, 9.17) is 5.11 Å². The average molecular weight is 294 g/mol. The third-order valence-electron chi connectivity index (χ3n) is 3.15. The summed E-state index contributed by atoms with van der Waals surface area (Å²) in [5.41, 5.74) is 1.26. The molecule has 0 radical (unpaired) electrons. The fraction of sp³-hybridized carbons (Fsp3) is 0.500. The van der Waals surface area contributed by atoms with Crippen LogP contribution in [0.4, 0.5) is 0 Å². The molecule has 0 heterocycles. The zero-order valence-electron chi connectivity index (χ0n) is 11.7. The standard InChI is InChI=1S/C16H22O3S/c17-11-4-6-16(19)14-9-7-13(8-10-14)15(18)5-2-1-3-12-20/h7-10,17,20H,1-6,11-12H2. The van der Waals surface area contributed by atoms with Gasteiger partial charge in [-0.2, -0.15) is 12.6 Å². The van der Waals surface area contributed by atoms with E-state index in [0.29, 0.717) is 30.4 Å². The number of hydrogen-bond acceptors (Lipinski definition) is 4. The van der Waals surface area contributed by atoms with Gasteiger partial charge in [0.05, 0.1) is 0 Å². The lowest BCUT2D eigenvalue weighted by molar-refractivity contribution is 0.0963. The lowest BCUT2D eigenvalue weighted by Crippen LogP contribution is -2.03. The molecule has 110 valence electrons. The topological polar surface area (TPSA) is 54.4 Å². The molecule has 1 aromatic carbocycles. The second kappa shape index (κ2) is 9.72. The summed E-state index contributed by atoms with van der Waals surface area (Å²) in [5.74, 6) is 0.990. The van der Waals surface area contributed by atoms with Crippen molar-refractivity contribution in [2.75, 3.05) is 12.4 Å². The molecule has 0 saturated heterocycles. The zero-order valence-corrected chi connectivity index (χ0v) is 12.6. The van der Waals surface area contributed by atoms with E-state index in [2.05, 4.69) is 12.6 Å². The molecule has 3 nitrogen and oxygen atoms in total. The molecule has 1 rings (SSSR count). The van der Waals surface area contributed by atoms with Crippen LogP contribution in [0.1, 0.15) is 59.2 Å². The second-order valence-electron chi connectivity index (χ2n) is 4.79. The molecule has 0 fully saturated rings. The molecule has 0 bridgehead atoms. The van der Waals surface area contributed by atoms with Crippen molar-refractivity contribution >= 4 is 24.2 Å². The fourth-order valence-corrected chi connectivity index (χ4v) is 2.17. The summed E-state index contributed by atoms with van der Waals surface area (Å²) >= 11 is 4.14. The maximum atomic E-state index is 11.9. The third-order valence-corrected chi connectivity index (χ3v) is 3.47. The van der Waals surface area contributed by atoms with Crippen molar-refractivity contribution in [2.24, 2.45) is 0 Å². The monoisotopic (exact) mass is 294 g/mol. The third kappa shape index (κ3) is 5.88. The Bertz CT molecular complexity index is 426. The molecule has 4 heteroatoms.